The van der Waals surface area contributed by atoms with Gasteiger partial charge in [-0.05, 0) is 30.2 Å². The van der Waals surface area contributed by atoms with Crippen molar-refractivity contribution in [1.82, 2.24) is 9.88 Å². The number of rotatable bonds is 4. The van der Waals surface area contributed by atoms with Gasteiger partial charge in [0.05, 0.1) is 19.2 Å². The van der Waals surface area contributed by atoms with Crippen molar-refractivity contribution in [2.45, 2.75) is 24.7 Å². The number of hydrogen-bond acceptors (Lipinski definition) is 6. The molecule has 0 aliphatic carbocycles. The zero-order valence-corrected chi connectivity index (χ0v) is 18.3. The summed E-state index contributed by atoms with van der Waals surface area (Å²) in [6, 6.07) is 5.07. The number of aryl methyl sites for hydroxylation is 1. The van der Waals surface area contributed by atoms with Crippen LogP contribution in [-0.2, 0) is 21.4 Å². The van der Waals surface area contributed by atoms with Gasteiger partial charge in [0.15, 0.2) is 5.13 Å². The van der Waals surface area contributed by atoms with E-state index in [1.54, 1.807) is 21.2 Å². The average Bonchev–Trinajstić information content (AvgIpc) is 3.45. The molecule has 1 unspecified atom stereocenters. The molecule has 2 aliphatic heterocycles. The number of halogens is 1. The van der Waals surface area contributed by atoms with Crippen LogP contribution in [0.5, 0.6) is 0 Å². The van der Waals surface area contributed by atoms with Crippen molar-refractivity contribution < 1.29 is 24.2 Å². The molecule has 11 heteroatoms. The molecule has 1 saturated heterocycles. The number of amides is 3. The number of carboxylic acids is 1. The van der Waals surface area contributed by atoms with Crippen molar-refractivity contribution in [1.29, 1.82) is 0 Å². The number of nitrogens with one attached hydrogen (secondary N) is 1. The Hall–Kier alpha value is -2.85. The average molecular weight is 465 g/mol. The van der Waals surface area contributed by atoms with Gasteiger partial charge in [-0.15, -0.1) is 11.3 Å². The summed E-state index contributed by atoms with van der Waals surface area (Å²) in [4.78, 5) is 43.5. The minimum Gasteiger partial charge on any atom is -0.481 e. The number of methoxy groups -OCH3 is 1. The smallest absolute Gasteiger partial charge is 0.409 e. The molecular weight excluding hydrogens is 444 g/mol. The zero-order chi connectivity index (χ0) is 22.2. The van der Waals surface area contributed by atoms with E-state index in [1.165, 1.54) is 18.4 Å². The summed E-state index contributed by atoms with van der Waals surface area (Å²) in [6.07, 6.45) is 0.589. The largest absolute Gasteiger partial charge is 0.481 e. The van der Waals surface area contributed by atoms with Crippen molar-refractivity contribution in [2.75, 3.05) is 37.0 Å². The first-order chi connectivity index (χ1) is 14.8. The van der Waals surface area contributed by atoms with Crippen LogP contribution in [0.15, 0.2) is 23.6 Å². The van der Waals surface area contributed by atoms with Crippen molar-refractivity contribution in [3.05, 3.63) is 39.9 Å². The summed E-state index contributed by atoms with van der Waals surface area (Å²) < 4.78 is 4.86. The van der Waals surface area contributed by atoms with Gasteiger partial charge >= 0.3 is 18.1 Å². The maximum Gasteiger partial charge on any atom is 0.409 e. The Labute approximate surface area is 187 Å². The van der Waals surface area contributed by atoms with E-state index in [0.717, 1.165) is 11.3 Å². The van der Waals surface area contributed by atoms with E-state index in [0.29, 0.717) is 48.3 Å². The molecule has 3 amide bonds. The maximum atomic E-state index is 13.1. The number of likely N-dealkylation sites (tertiary alicyclic amines) is 1. The SMILES string of the molecule is COC(=O)N1CCC2(C1)CN(C(=O)Nc1nc(CCC(=O)O)cs1)c1ccc(Cl)cc12. The van der Waals surface area contributed by atoms with Gasteiger partial charge in [-0.1, -0.05) is 11.6 Å². The lowest BCUT2D eigenvalue weighted by molar-refractivity contribution is -0.136. The van der Waals surface area contributed by atoms with Crippen molar-refractivity contribution >= 4 is 51.9 Å². The lowest BCUT2D eigenvalue weighted by Crippen LogP contribution is -2.41. The highest BCUT2D eigenvalue weighted by molar-refractivity contribution is 7.13. The number of carboxylic acid groups (broad SMARTS) is 1. The first kappa shape index (κ1) is 21.4. The Morgan fingerprint density at radius 1 is 1.35 bits per heavy atom. The molecule has 2 aromatic rings. The number of ether oxygens (including phenoxy) is 1. The molecule has 9 nitrogen and oxygen atoms in total. The van der Waals surface area contributed by atoms with E-state index in [9.17, 15) is 14.4 Å². The molecule has 0 saturated carbocycles. The third-order valence-electron chi connectivity index (χ3n) is 5.67. The highest BCUT2D eigenvalue weighted by Crippen LogP contribution is 2.47. The minimum atomic E-state index is -0.895. The molecule has 3 heterocycles. The predicted molar refractivity (Wildman–Crippen MR) is 116 cm³/mol. The van der Waals surface area contributed by atoms with Crippen LogP contribution in [0, 0.1) is 0 Å². The molecule has 4 rings (SSSR count). The molecule has 31 heavy (non-hydrogen) atoms. The molecule has 0 radical (unpaired) electrons. The molecule has 2 N–H and O–H groups in total. The number of carbonyl (C=O) groups excluding carboxylic acids is 2. The van der Waals surface area contributed by atoms with Gasteiger partial charge in [0.25, 0.3) is 0 Å². The number of aliphatic carboxylic acids is 1. The van der Waals surface area contributed by atoms with E-state index in [2.05, 4.69) is 10.3 Å². The number of fused-ring (bicyclic) bond motifs is 2. The fourth-order valence-electron chi connectivity index (χ4n) is 4.20. The van der Waals surface area contributed by atoms with Gasteiger partial charge < -0.3 is 14.7 Å². The number of hydrogen-bond donors (Lipinski definition) is 2. The number of aromatic nitrogens is 1. The summed E-state index contributed by atoms with van der Waals surface area (Å²) in [7, 11) is 1.35. The van der Waals surface area contributed by atoms with Crippen LogP contribution in [0.4, 0.5) is 20.4 Å². The number of anilines is 2. The number of thiazole rings is 1. The monoisotopic (exact) mass is 464 g/mol. The van der Waals surface area contributed by atoms with Crippen LogP contribution >= 0.6 is 22.9 Å². The summed E-state index contributed by atoms with van der Waals surface area (Å²) in [5, 5.41) is 14.3. The first-order valence-corrected chi connectivity index (χ1v) is 10.9. The van der Waals surface area contributed by atoms with Gasteiger partial charge in [-0.3, -0.25) is 15.0 Å². The topological polar surface area (TPSA) is 112 Å². The Kier molecular flexibility index (Phi) is 5.76. The Morgan fingerprint density at radius 3 is 2.90 bits per heavy atom. The fourth-order valence-corrected chi connectivity index (χ4v) is 5.11. The molecule has 1 aromatic carbocycles. The van der Waals surface area contributed by atoms with E-state index in [1.807, 2.05) is 12.1 Å². The summed E-state index contributed by atoms with van der Waals surface area (Å²) in [5.74, 6) is -0.895. The quantitative estimate of drug-likeness (QED) is 0.715. The predicted octanol–water partition coefficient (Wildman–Crippen LogP) is 3.58. The van der Waals surface area contributed by atoms with Gasteiger partial charge in [0.1, 0.15) is 0 Å². The van der Waals surface area contributed by atoms with Crippen LogP contribution in [0.1, 0.15) is 24.1 Å². The van der Waals surface area contributed by atoms with Crippen LogP contribution in [0.3, 0.4) is 0 Å². The Bertz CT molecular complexity index is 1040. The third kappa shape index (κ3) is 4.17. The fraction of sp³-hybridized carbons (Fsp3) is 0.400. The molecule has 2 aliphatic rings. The Morgan fingerprint density at radius 2 is 2.16 bits per heavy atom. The van der Waals surface area contributed by atoms with E-state index >= 15 is 0 Å². The number of benzene rings is 1. The van der Waals surface area contributed by atoms with Crippen molar-refractivity contribution in [2.24, 2.45) is 0 Å². The normalized spacial score (nSPS) is 19.5. The molecule has 1 atom stereocenters. The number of carbonyl (C=O) groups is 3. The molecule has 164 valence electrons. The van der Waals surface area contributed by atoms with E-state index in [-0.39, 0.29) is 18.5 Å². The molecule has 1 aromatic heterocycles. The van der Waals surface area contributed by atoms with Gasteiger partial charge in [0, 0.05) is 47.6 Å². The van der Waals surface area contributed by atoms with Gasteiger partial charge in [0.2, 0.25) is 0 Å². The first-order valence-electron chi connectivity index (χ1n) is 9.69. The summed E-state index contributed by atoms with van der Waals surface area (Å²) in [5.41, 5.74) is 1.89. The van der Waals surface area contributed by atoms with Crippen LogP contribution in [0.2, 0.25) is 5.02 Å². The molecule has 1 spiro atoms. The summed E-state index contributed by atoms with van der Waals surface area (Å²) >= 11 is 7.50. The van der Waals surface area contributed by atoms with Gasteiger partial charge in [-0.2, -0.15) is 0 Å². The molecular formula is C20H21ClN4O5S. The second-order valence-corrected chi connectivity index (χ2v) is 8.93. The van der Waals surface area contributed by atoms with Crippen LogP contribution in [0.25, 0.3) is 0 Å². The summed E-state index contributed by atoms with van der Waals surface area (Å²) in [6.45, 7) is 1.38. The highest BCUT2D eigenvalue weighted by Gasteiger charge is 2.50. The molecule has 1 fully saturated rings. The van der Waals surface area contributed by atoms with Crippen molar-refractivity contribution in [3.63, 3.8) is 0 Å². The lowest BCUT2D eigenvalue weighted by Gasteiger charge is -2.25. The second-order valence-electron chi connectivity index (χ2n) is 7.64. The van der Waals surface area contributed by atoms with Crippen LogP contribution < -0.4 is 10.2 Å². The number of nitrogens with zero attached hydrogens (tertiary/aromatic N) is 3. The standard InChI is InChI=1S/C20H21ClN4O5S/c1-30-19(29)24-7-6-20(10-24)11-25(15-4-2-12(21)8-14(15)20)18(28)23-17-22-13(9-31-17)3-5-16(26)27/h2,4,8-9H,3,5-7,10-11H2,1H3,(H,26,27)(H,22,23,28). The zero-order valence-electron chi connectivity index (χ0n) is 16.8. The third-order valence-corrected chi connectivity index (χ3v) is 6.72. The number of urea groups is 1. The molecule has 0 bridgehead atoms. The highest BCUT2D eigenvalue weighted by atomic mass is 35.5. The maximum absolute atomic E-state index is 13.1. The second kappa shape index (κ2) is 8.35. The van der Waals surface area contributed by atoms with Gasteiger partial charge in [-0.25, -0.2) is 14.6 Å². The van der Waals surface area contributed by atoms with E-state index < -0.39 is 11.4 Å². The van der Waals surface area contributed by atoms with E-state index in [4.69, 9.17) is 21.4 Å². The van der Waals surface area contributed by atoms with Crippen molar-refractivity contribution in [3.8, 4) is 0 Å². The van der Waals surface area contributed by atoms with Crippen LogP contribution in [-0.4, -0.2) is 59.8 Å². The minimum absolute atomic E-state index is 0.0173. The Balaban J connectivity index is 1.54. The lowest BCUT2D eigenvalue weighted by atomic mass is 9.81.